The van der Waals surface area contributed by atoms with Crippen LogP contribution in [-0.2, 0) is 27.7 Å². The largest absolute Gasteiger partial charge is 0.454 e. The number of rotatable bonds is 7. The van der Waals surface area contributed by atoms with Gasteiger partial charge in [0.05, 0.1) is 5.75 Å². The molecule has 2 amide bonds. The number of nitrogens with zero attached hydrogens (tertiary/aromatic N) is 1. The Kier molecular flexibility index (Phi) is 5.38. The third-order valence-corrected chi connectivity index (χ3v) is 6.17. The molecule has 9 heteroatoms. The molecule has 0 saturated carbocycles. The van der Waals surface area contributed by atoms with Crippen LogP contribution >= 0.6 is 0 Å². The van der Waals surface area contributed by atoms with Crippen molar-refractivity contribution in [1.29, 1.82) is 0 Å². The Morgan fingerprint density at radius 3 is 2.70 bits per heavy atom. The van der Waals surface area contributed by atoms with E-state index in [2.05, 4.69) is 5.32 Å². The van der Waals surface area contributed by atoms with E-state index in [1.54, 1.807) is 24.3 Å². The van der Waals surface area contributed by atoms with Crippen LogP contribution in [0.5, 0.6) is 11.5 Å². The van der Waals surface area contributed by atoms with Crippen molar-refractivity contribution in [2.45, 2.75) is 25.6 Å². The Bertz CT molecular complexity index is 1100. The molecular formula is C21H22N2O6S. The zero-order valence-electron chi connectivity index (χ0n) is 16.5. The van der Waals surface area contributed by atoms with Crippen LogP contribution in [0.1, 0.15) is 27.9 Å². The lowest BCUT2D eigenvalue weighted by molar-refractivity contribution is -0.126. The maximum Gasteiger partial charge on any atom is 0.255 e. The summed E-state index contributed by atoms with van der Waals surface area (Å²) in [5.74, 6) is 0.423. The molecule has 0 aromatic heterocycles. The molecule has 4 rings (SSSR count). The molecule has 0 radical (unpaired) electrons. The van der Waals surface area contributed by atoms with E-state index in [0.717, 1.165) is 17.4 Å². The van der Waals surface area contributed by atoms with E-state index in [9.17, 15) is 18.0 Å². The number of ether oxygens (including phenoxy) is 2. The molecule has 1 atom stereocenters. The van der Waals surface area contributed by atoms with Crippen molar-refractivity contribution in [3.8, 4) is 11.5 Å². The fourth-order valence-electron chi connectivity index (χ4n) is 3.64. The minimum atomic E-state index is -3.29. The first-order chi connectivity index (χ1) is 14.3. The number of carbonyl (C=O) groups excluding carboxylic acids is 2. The van der Waals surface area contributed by atoms with Crippen LogP contribution in [-0.4, -0.2) is 50.0 Å². The lowest BCUT2D eigenvalue weighted by Gasteiger charge is -2.27. The van der Waals surface area contributed by atoms with E-state index in [0.29, 0.717) is 17.1 Å². The standard InChI is InChI=1S/C21H22N2O6S/c1-30(26,27)9-8-17(23-12-15-4-2-3-5-16(15)21(23)25)20(24)22-11-14-6-7-18-19(10-14)29-13-28-18/h2-7,10,17H,8-9,11-13H2,1H3,(H,22,24)/t17-/m1/s1. The number of benzene rings is 2. The summed E-state index contributed by atoms with van der Waals surface area (Å²) in [6.07, 6.45) is 1.15. The number of hydrogen-bond donors (Lipinski definition) is 1. The number of nitrogens with one attached hydrogen (secondary N) is 1. The van der Waals surface area contributed by atoms with Crippen LogP contribution in [0.15, 0.2) is 42.5 Å². The van der Waals surface area contributed by atoms with Crippen molar-refractivity contribution in [1.82, 2.24) is 10.2 Å². The Morgan fingerprint density at radius 1 is 1.17 bits per heavy atom. The Labute approximate surface area is 174 Å². The maximum atomic E-state index is 13.0. The van der Waals surface area contributed by atoms with Gasteiger partial charge in [-0.25, -0.2) is 8.42 Å². The summed E-state index contributed by atoms with van der Waals surface area (Å²) >= 11 is 0. The molecule has 0 saturated heterocycles. The molecule has 0 aliphatic carbocycles. The van der Waals surface area contributed by atoms with Gasteiger partial charge in [-0.15, -0.1) is 0 Å². The van der Waals surface area contributed by atoms with Crippen molar-refractivity contribution >= 4 is 21.7 Å². The molecule has 2 heterocycles. The SMILES string of the molecule is CS(=O)(=O)CC[C@H](C(=O)NCc1ccc2c(c1)OCO2)N1Cc2ccccc2C1=O. The Morgan fingerprint density at radius 2 is 1.93 bits per heavy atom. The first-order valence-corrected chi connectivity index (χ1v) is 11.6. The number of sulfone groups is 1. The second-order valence-corrected chi connectivity index (χ2v) is 9.69. The second-order valence-electron chi connectivity index (χ2n) is 7.43. The minimum absolute atomic E-state index is 0.0333. The van der Waals surface area contributed by atoms with Gasteiger partial charge >= 0.3 is 0 Å². The average molecular weight is 430 g/mol. The smallest absolute Gasteiger partial charge is 0.255 e. The van der Waals surface area contributed by atoms with Crippen LogP contribution < -0.4 is 14.8 Å². The molecule has 30 heavy (non-hydrogen) atoms. The molecule has 158 valence electrons. The van der Waals surface area contributed by atoms with Gasteiger partial charge in [-0.05, 0) is 35.7 Å². The van der Waals surface area contributed by atoms with E-state index in [1.165, 1.54) is 4.90 Å². The predicted molar refractivity (Wildman–Crippen MR) is 109 cm³/mol. The molecule has 1 N–H and O–H groups in total. The van der Waals surface area contributed by atoms with Crippen LogP contribution in [0.25, 0.3) is 0 Å². The summed E-state index contributed by atoms with van der Waals surface area (Å²) in [5.41, 5.74) is 2.19. The molecule has 2 aliphatic heterocycles. The number of amides is 2. The normalized spacial score (nSPS) is 15.8. The molecule has 0 fully saturated rings. The van der Waals surface area contributed by atoms with Gasteiger partial charge in [-0.1, -0.05) is 24.3 Å². The first-order valence-electron chi connectivity index (χ1n) is 9.55. The molecule has 2 aromatic rings. The minimum Gasteiger partial charge on any atom is -0.454 e. The van der Waals surface area contributed by atoms with Crippen LogP contribution in [0.4, 0.5) is 0 Å². The lowest BCUT2D eigenvalue weighted by Crippen LogP contribution is -2.47. The Balaban J connectivity index is 1.49. The highest BCUT2D eigenvalue weighted by atomic mass is 32.2. The van der Waals surface area contributed by atoms with Crippen molar-refractivity contribution in [3.63, 3.8) is 0 Å². The zero-order chi connectivity index (χ0) is 21.3. The van der Waals surface area contributed by atoms with Gasteiger partial charge in [-0.3, -0.25) is 9.59 Å². The van der Waals surface area contributed by atoms with Gasteiger partial charge in [0.2, 0.25) is 12.7 Å². The zero-order valence-corrected chi connectivity index (χ0v) is 17.3. The highest BCUT2D eigenvalue weighted by Gasteiger charge is 2.36. The summed E-state index contributed by atoms with van der Waals surface area (Å²) in [6.45, 7) is 0.664. The topological polar surface area (TPSA) is 102 Å². The summed E-state index contributed by atoms with van der Waals surface area (Å²) in [4.78, 5) is 27.3. The monoisotopic (exact) mass is 430 g/mol. The molecular weight excluding hydrogens is 408 g/mol. The fourth-order valence-corrected chi connectivity index (χ4v) is 4.29. The number of fused-ring (bicyclic) bond motifs is 2. The van der Waals surface area contributed by atoms with Crippen molar-refractivity contribution < 1.29 is 27.5 Å². The van der Waals surface area contributed by atoms with Crippen molar-refractivity contribution in [2.24, 2.45) is 0 Å². The highest BCUT2D eigenvalue weighted by Crippen LogP contribution is 2.32. The highest BCUT2D eigenvalue weighted by molar-refractivity contribution is 7.90. The summed E-state index contributed by atoms with van der Waals surface area (Å²) in [6, 6.07) is 11.6. The molecule has 0 bridgehead atoms. The van der Waals surface area contributed by atoms with Gasteiger partial charge in [0.1, 0.15) is 15.9 Å². The molecule has 0 spiro atoms. The third kappa shape index (κ3) is 4.25. The summed E-state index contributed by atoms with van der Waals surface area (Å²) in [5, 5.41) is 2.83. The van der Waals surface area contributed by atoms with Gasteiger partial charge in [-0.2, -0.15) is 0 Å². The number of hydrogen-bond acceptors (Lipinski definition) is 6. The van der Waals surface area contributed by atoms with Gasteiger partial charge in [0.15, 0.2) is 11.5 Å². The molecule has 2 aliphatic rings. The lowest BCUT2D eigenvalue weighted by atomic mass is 10.1. The van der Waals surface area contributed by atoms with Gasteiger partial charge in [0, 0.05) is 24.9 Å². The quantitative estimate of drug-likeness (QED) is 0.714. The molecule has 2 aromatic carbocycles. The first kappa shape index (κ1) is 20.2. The van der Waals surface area contributed by atoms with E-state index >= 15 is 0 Å². The van der Waals surface area contributed by atoms with Gasteiger partial charge in [0.25, 0.3) is 5.91 Å². The van der Waals surface area contributed by atoms with E-state index in [1.807, 2.05) is 18.2 Å². The van der Waals surface area contributed by atoms with Crippen LogP contribution in [0, 0.1) is 0 Å². The van der Waals surface area contributed by atoms with Gasteiger partial charge < -0.3 is 19.7 Å². The average Bonchev–Trinajstić information content (AvgIpc) is 3.30. The van der Waals surface area contributed by atoms with E-state index < -0.39 is 21.8 Å². The Hall–Kier alpha value is -3.07. The van der Waals surface area contributed by atoms with E-state index in [4.69, 9.17) is 9.47 Å². The summed E-state index contributed by atoms with van der Waals surface area (Å²) < 4.78 is 34.0. The predicted octanol–water partition coefficient (Wildman–Crippen LogP) is 1.49. The summed E-state index contributed by atoms with van der Waals surface area (Å²) in [7, 11) is -3.29. The number of carbonyl (C=O) groups is 2. The maximum absolute atomic E-state index is 13.0. The van der Waals surface area contributed by atoms with E-state index in [-0.39, 0.29) is 38.0 Å². The third-order valence-electron chi connectivity index (χ3n) is 5.19. The van der Waals surface area contributed by atoms with Crippen molar-refractivity contribution in [3.05, 3.63) is 59.2 Å². The van der Waals surface area contributed by atoms with Crippen LogP contribution in [0.2, 0.25) is 0 Å². The molecule has 8 nitrogen and oxygen atoms in total. The second kappa shape index (κ2) is 7.98. The van der Waals surface area contributed by atoms with Crippen molar-refractivity contribution in [2.75, 3.05) is 18.8 Å². The fraction of sp³-hybridized carbons (Fsp3) is 0.333. The molecule has 0 unspecified atom stereocenters. The van der Waals surface area contributed by atoms with Crippen LogP contribution in [0.3, 0.4) is 0 Å².